The molecule has 1 nitrogen and oxygen atoms in total. The fourth-order valence-corrected chi connectivity index (χ4v) is 1.58. The number of halogens is 1. The van der Waals surface area contributed by atoms with Crippen molar-refractivity contribution < 1.29 is 0 Å². The van der Waals surface area contributed by atoms with Gasteiger partial charge in [0.1, 0.15) is 0 Å². The van der Waals surface area contributed by atoms with Gasteiger partial charge in [-0.05, 0) is 52.8 Å². The lowest BCUT2D eigenvalue weighted by Gasteiger charge is -2.00. The quantitative estimate of drug-likeness (QED) is 0.598. The second-order valence-corrected chi connectivity index (χ2v) is 3.37. The highest BCUT2D eigenvalue weighted by Gasteiger charge is 1.95. The highest BCUT2D eigenvalue weighted by molar-refractivity contribution is 14.1. The molecule has 0 aliphatic carbocycles. The first-order valence-corrected chi connectivity index (χ1v) is 4.36. The molecule has 0 amide bonds. The summed E-state index contributed by atoms with van der Waals surface area (Å²) in [6.45, 7) is 2.14. The van der Waals surface area contributed by atoms with Gasteiger partial charge in [-0.25, -0.2) is 0 Å². The summed E-state index contributed by atoms with van der Waals surface area (Å²) < 4.78 is 1.30. The molecule has 0 aromatic heterocycles. The van der Waals surface area contributed by atoms with Gasteiger partial charge in [0.2, 0.25) is 0 Å². The average Bonchev–Trinajstić information content (AvgIpc) is 1.94. The molecular formula is C8H10IN. The van der Waals surface area contributed by atoms with Crippen LogP contribution in [0.5, 0.6) is 0 Å². The lowest BCUT2D eigenvalue weighted by atomic mass is 10.1. The Labute approximate surface area is 74.8 Å². The van der Waals surface area contributed by atoms with Crippen LogP contribution < -0.4 is 5.73 Å². The third-order valence-corrected chi connectivity index (χ3v) is 2.50. The molecule has 0 fully saturated rings. The van der Waals surface area contributed by atoms with Gasteiger partial charge in [-0.1, -0.05) is 6.92 Å². The minimum absolute atomic E-state index is 0.859. The number of aryl methyl sites for hydroxylation is 1. The maximum Gasteiger partial charge on any atom is 0.0317 e. The lowest BCUT2D eigenvalue weighted by Crippen LogP contribution is -1.90. The van der Waals surface area contributed by atoms with E-state index < -0.39 is 0 Å². The van der Waals surface area contributed by atoms with E-state index in [1.165, 1.54) is 9.13 Å². The Morgan fingerprint density at radius 1 is 1.50 bits per heavy atom. The number of hydrogen-bond donors (Lipinski definition) is 1. The van der Waals surface area contributed by atoms with Gasteiger partial charge in [-0.3, -0.25) is 0 Å². The lowest BCUT2D eigenvalue weighted by molar-refractivity contribution is 1.13. The van der Waals surface area contributed by atoms with Gasteiger partial charge < -0.3 is 5.73 Å². The van der Waals surface area contributed by atoms with Crippen molar-refractivity contribution in [3.63, 3.8) is 0 Å². The van der Waals surface area contributed by atoms with Crippen molar-refractivity contribution >= 4 is 28.3 Å². The fourth-order valence-electron chi connectivity index (χ4n) is 0.866. The van der Waals surface area contributed by atoms with Crippen LogP contribution in [-0.4, -0.2) is 0 Å². The van der Waals surface area contributed by atoms with Crippen LogP contribution in [0, 0.1) is 3.57 Å². The molecule has 54 valence electrons. The molecule has 0 atom stereocenters. The summed E-state index contributed by atoms with van der Waals surface area (Å²) >= 11 is 2.32. The Morgan fingerprint density at radius 3 is 2.70 bits per heavy atom. The first-order chi connectivity index (χ1) is 4.74. The van der Waals surface area contributed by atoms with Crippen LogP contribution in [0.4, 0.5) is 5.69 Å². The Kier molecular flexibility index (Phi) is 2.54. The van der Waals surface area contributed by atoms with Gasteiger partial charge in [0.15, 0.2) is 0 Å². The maximum absolute atomic E-state index is 5.60. The minimum atomic E-state index is 0.859. The topological polar surface area (TPSA) is 26.0 Å². The van der Waals surface area contributed by atoms with Crippen LogP contribution in [0.25, 0.3) is 0 Å². The number of anilines is 1. The molecular weight excluding hydrogens is 237 g/mol. The van der Waals surface area contributed by atoms with E-state index in [4.69, 9.17) is 5.73 Å². The zero-order valence-electron chi connectivity index (χ0n) is 5.89. The van der Waals surface area contributed by atoms with E-state index in [0.29, 0.717) is 0 Å². The van der Waals surface area contributed by atoms with E-state index in [2.05, 4.69) is 35.6 Å². The number of hydrogen-bond acceptors (Lipinski definition) is 1. The van der Waals surface area contributed by atoms with Gasteiger partial charge in [0.25, 0.3) is 0 Å². The minimum Gasteiger partial charge on any atom is -0.399 e. The summed E-state index contributed by atoms with van der Waals surface area (Å²) in [5.74, 6) is 0. The van der Waals surface area contributed by atoms with Gasteiger partial charge in [0, 0.05) is 9.26 Å². The van der Waals surface area contributed by atoms with Crippen LogP contribution in [0.2, 0.25) is 0 Å². The predicted molar refractivity (Wildman–Crippen MR) is 52.9 cm³/mol. The molecule has 0 spiro atoms. The summed E-state index contributed by atoms with van der Waals surface area (Å²) in [6.07, 6.45) is 1.06. The molecule has 0 unspecified atom stereocenters. The standard InChI is InChI=1S/C8H10IN/c1-2-6-5-7(10)3-4-8(6)9/h3-5H,2,10H2,1H3. The summed E-state index contributed by atoms with van der Waals surface area (Å²) in [5.41, 5.74) is 7.79. The molecule has 1 rings (SSSR count). The van der Waals surface area contributed by atoms with Crippen molar-refractivity contribution in [1.82, 2.24) is 0 Å². The average molecular weight is 247 g/mol. The van der Waals surface area contributed by atoms with Crippen LogP contribution in [-0.2, 0) is 6.42 Å². The van der Waals surface area contributed by atoms with E-state index in [0.717, 1.165) is 12.1 Å². The van der Waals surface area contributed by atoms with Crippen molar-refractivity contribution in [3.05, 3.63) is 27.3 Å². The van der Waals surface area contributed by atoms with Crippen molar-refractivity contribution in [1.29, 1.82) is 0 Å². The van der Waals surface area contributed by atoms with Crippen LogP contribution >= 0.6 is 22.6 Å². The first kappa shape index (κ1) is 7.85. The molecule has 1 aromatic rings. The third-order valence-electron chi connectivity index (χ3n) is 1.45. The Morgan fingerprint density at radius 2 is 2.20 bits per heavy atom. The number of rotatable bonds is 1. The molecule has 0 saturated heterocycles. The van der Waals surface area contributed by atoms with Gasteiger partial charge in [0.05, 0.1) is 0 Å². The van der Waals surface area contributed by atoms with Gasteiger partial charge in [-0.15, -0.1) is 0 Å². The van der Waals surface area contributed by atoms with Crippen LogP contribution in [0.1, 0.15) is 12.5 Å². The smallest absolute Gasteiger partial charge is 0.0317 e. The van der Waals surface area contributed by atoms with E-state index in [1.54, 1.807) is 0 Å². The molecule has 2 heteroatoms. The summed E-state index contributed by atoms with van der Waals surface area (Å²) in [5, 5.41) is 0. The fraction of sp³-hybridized carbons (Fsp3) is 0.250. The van der Waals surface area contributed by atoms with Crippen LogP contribution in [0.15, 0.2) is 18.2 Å². The predicted octanol–water partition coefficient (Wildman–Crippen LogP) is 2.44. The summed E-state index contributed by atoms with van der Waals surface area (Å²) in [7, 11) is 0. The molecule has 2 N–H and O–H groups in total. The Bertz CT molecular complexity index is 233. The zero-order chi connectivity index (χ0) is 7.56. The van der Waals surface area contributed by atoms with Crippen molar-refractivity contribution in [3.8, 4) is 0 Å². The van der Waals surface area contributed by atoms with E-state index in [-0.39, 0.29) is 0 Å². The van der Waals surface area contributed by atoms with E-state index >= 15 is 0 Å². The molecule has 0 aliphatic rings. The normalized spacial score (nSPS) is 9.80. The van der Waals surface area contributed by atoms with Gasteiger partial charge in [-0.2, -0.15) is 0 Å². The largest absolute Gasteiger partial charge is 0.399 e. The molecule has 10 heavy (non-hydrogen) atoms. The molecule has 0 saturated carbocycles. The molecule has 0 bridgehead atoms. The first-order valence-electron chi connectivity index (χ1n) is 3.28. The molecule has 0 heterocycles. The van der Waals surface area contributed by atoms with Gasteiger partial charge >= 0.3 is 0 Å². The Balaban J connectivity index is 3.09. The van der Waals surface area contributed by atoms with E-state index in [1.807, 2.05) is 12.1 Å². The molecule has 0 aliphatic heterocycles. The van der Waals surface area contributed by atoms with Crippen molar-refractivity contribution in [2.24, 2.45) is 0 Å². The second-order valence-electron chi connectivity index (χ2n) is 2.20. The Hall–Kier alpha value is -0.250. The zero-order valence-corrected chi connectivity index (χ0v) is 8.05. The number of nitrogen functional groups attached to an aromatic ring is 1. The number of nitrogens with two attached hydrogens (primary N) is 1. The third kappa shape index (κ3) is 1.62. The second kappa shape index (κ2) is 3.23. The summed E-state index contributed by atoms with van der Waals surface area (Å²) in [4.78, 5) is 0. The SMILES string of the molecule is CCc1cc(N)ccc1I. The molecule has 0 radical (unpaired) electrons. The number of benzene rings is 1. The van der Waals surface area contributed by atoms with E-state index in [9.17, 15) is 0 Å². The molecule has 1 aromatic carbocycles. The van der Waals surface area contributed by atoms with Crippen molar-refractivity contribution in [2.75, 3.05) is 5.73 Å². The summed E-state index contributed by atoms with van der Waals surface area (Å²) in [6, 6.07) is 6.01. The highest BCUT2D eigenvalue weighted by atomic mass is 127. The maximum atomic E-state index is 5.60. The monoisotopic (exact) mass is 247 g/mol. The van der Waals surface area contributed by atoms with Crippen molar-refractivity contribution in [2.45, 2.75) is 13.3 Å². The highest BCUT2D eigenvalue weighted by Crippen LogP contribution is 2.15. The van der Waals surface area contributed by atoms with Crippen LogP contribution in [0.3, 0.4) is 0 Å².